The Bertz CT molecular complexity index is 845. The molecule has 0 saturated heterocycles. The first kappa shape index (κ1) is 28.2. The van der Waals surface area contributed by atoms with Crippen LogP contribution in [-0.2, 0) is 31.9 Å². The van der Waals surface area contributed by atoms with E-state index >= 15 is 0 Å². The van der Waals surface area contributed by atoms with E-state index in [9.17, 15) is 4.79 Å². The van der Waals surface area contributed by atoms with Gasteiger partial charge in [0.05, 0.1) is 38.6 Å². The summed E-state index contributed by atoms with van der Waals surface area (Å²) in [5.41, 5.74) is 2.17. The van der Waals surface area contributed by atoms with Crippen LogP contribution in [0.3, 0.4) is 0 Å². The molecule has 2 rings (SSSR count). The molecular formula is C28H42O5Si. The highest BCUT2D eigenvalue weighted by atomic mass is 28.4. The first-order chi connectivity index (χ1) is 16.1. The molecule has 0 aromatic heterocycles. The Morgan fingerprint density at radius 3 is 2.06 bits per heavy atom. The van der Waals surface area contributed by atoms with Crippen LogP contribution in [0.1, 0.15) is 51.7 Å². The SMILES string of the molecule is COc1ccc(CO[C@@H](C[C@H](CC=O)O[Si](C)(C)C(C)(C)C)[C@H](C)OCc2ccccc2)cc1. The summed E-state index contributed by atoms with van der Waals surface area (Å²) in [6.45, 7) is 14.0. The van der Waals surface area contributed by atoms with Crippen LogP contribution in [0.15, 0.2) is 54.6 Å². The van der Waals surface area contributed by atoms with Crippen LogP contribution in [0.5, 0.6) is 5.75 Å². The molecule has 0 aliphatic heterocycles. The van der Waals surface area contributed by atoms with E-state index in [0.29, 0.717) is 26.1 Å². The Kier molecular flexibility index (Phi) is 11.0. The van der Waals surface area contributed by atoms with Crippen LogP contribution in [-0.4, -0.2) is 40.0 Å². The van der Waals surface area contributed by atoms with Gasteiger partial charge >= 0.3 is 0 Å². The molecule has 6 heteroatoms. The highest BCUT2D eigenvalue weighted by Crippen LogP contribution is 2.38. The maximum absolute atomic E-state index is 11.5. The summed E-state index contributed by atoms with van der Waals surface area (Å²) in [7, 11) is -0.389. The van der Waals surface area contributed by atoms with Gasteiger partial charge in [-0.1, -0.05) is 63.2 Å². The number of methoxy groups -OCH3 is 1. The Morgan fingerprint density at radius 1 is 0.912 bits per heavy atom. The molecule has 0 bridgehead atoms. The molecule has 3 atom stereocenters. The third-order valence-corrected chi connectivity index (χ3v) is 11.2. The van der Waals surface area contributed by atoms with E-state index in [1.165, 1.54) is 0 Å². The van der Waals surface area contributed by atoms with Gasteiger partial charge in [0.2, 0.25) is 0 Å². The number of benzene rings is 2. The van der Waals surface area contributed by atoms with Crippen molar-refractivity contribution in [1.29, 1.82) is 0 Å². The lowest BCUT2D eigenvalue weighted by molar-refractivity contribution is -0.112. The molecule has 0 aliphatic rings. The van der Waals surface area contributed by atoms with Crippen molar-refractivity contribution in [3.05, 3.63) is 65.7 Å². The topological polar surface area (TPSA) is 54.0 Å². The highest BCUT2D eigenvalue weighted by Gasteiger charge is 2.40. The van der Waals surface area contributed by atoms with Crippen molar-refractivity contribution in [3.63, 3.8) is 0 Å². The van der Waals surface area contributed by atoms with Crippen LogP contribution < -0.4 is 4.74 Å². The third kappa shape index (κ3) is 8.99. The molecule has 188 valence electrons. The molecule has 0 saturated carbocycles. The van der Waals surface area contributed by atoms with Gasteiger partial charge in [-0.15, -0.1) is 0 Å². The monoisotopic (exact) mass is 486 g/mol. The molecule has 34 heavy (non-hydrogen) atoms. The summed E-state index contributed by atoms with van der Waals surface area (Å²) in [6, 6.07) is 18.0. The van der Waals surface area contributed by atoms with Gasteiger partial charge in [0.25, 0.3) is 0 Å². The number of aldehydes is 1. The van der Waals surface area contributed by atoms with Gasteiger partial charge in [0.1, 0.15) is 12.0 Å². The zero-order valence-electron chi connectivity index (χ0n) is 21.9. The lowest BCUT2D eigenvalue weighted by Gasteiger charge is -2.40. The Balaban J connectivity index is 2.13. The summed E-state index contributed by atoms with van der Waals surface area (Å²) in [4.78, 5) is 11.5. The van der Waals surface area contributed by atoms with Crippen LogP contribution >= 0.6 is 0 Å². The van der Waals surface area contributed by atoms with E-state index in [-0.39, 0.29) is 23.4 Å². The highest BCUT2D eigenvalue weighted by molar-refractivity contribution is 6.74. The molecule has 2 aromatic rings. The van der Waals surface area contributed by atoms with Crippen LogP contribution in [0.4, 0.5) is 0 Å². The minimum Gasteiger partial charge on any atom is -0.497 e. The second kappa shape index (κ2) is 13.2. The molecule has 0 amide bonds. The summed E-state index contributed by atoms with van der Waals surface area (Å²) in [5.74, 6) is 0.814. The van der Waals surface area contributed by atoms with Gasteiger partial charge in [-0.3, -0.25) is 0 Å². The van der Waals surface area contributed by atoms with Crippen molar-refractivity contribution in [3.8, 4) is 5.75 Å². The van der Waals surface area contributed by atoms with Crippen molar-refractivity contribution >= 4 is 14.6 Å². The molecule has 0 fully saturated rings. The standard InChI is InChI=1S/C28H42O5Si/c1-22(31-20-23-11-9-8-10-12-23)27(32-21-24-13-15-25(30-5)16-14-24)19-26(17-18-29)33-34(6,7)28(2,3)4/h8-16,18,22,26-27H,17,19-21H2,1-7H3/t22-,26-,27-/m0/s1. The maximum atomic E-state index is 11.5. The summed E-state index contributed by atoms with van der Waals surface area (Å²) in [5, 5.41) is 0.0585. The number of carbonyl (C=O) groups excluding carboxylic acids is 1. The molecule has 0 heterocycles. The normalized spacial score (nSPS) is 14.9. The minimum absolute atomic E-state index is 0.0585. The van der Waals surface area contributed by atoms with Crippen LogP contribution in [0.25, 0.3) is 0 Å². The second-order valence-corrected chi connectivity index (χ2v) is 15.1. The minimum atomic E-state index is -2.04. The second-order valence-electron chi connectivity index (χ2n) is 10.3. The van der Waals surface area contributed by atoms with Gasteiger partial charge in [-0.25, -0.2) is 0 Å². The zero-order chi connectivity index (χ0) is 25.2. The Morgan fingerprint density at radius 2 is 1.50 bits per heavy atom. The molecule has 5 nitrogen and oxygen atoms in total. The number of hydrogen-bond acceptors (Lipinski definition) is 5. The van der Waals surface area contributed by atoms with Crippen LogP contribution in [0, 0.1) is 0 Å². The van der Waals surface area contributed by atoms with Gasteiger partial charge in [0.15, 0.2) is 8.32 Å². The summed E-state index contributed by atoms with van der Waals surface area (Å²) in [6.07, 6.45) is 1.30. The van der Waals surface area contributed by atoms with E-state index in [4.69, 9.17) is 18.6 Å². The fourth-order valence-electron chi connectivity index (χ4n) is 3.38. The quantitative estimate of drug-likeness (QED) is 0.224. The number of rotatable bonds is 14. The number of hydrogen-bond donors (Lipinski definition) is 0. The fraction of sp³-hybridized carbons (Fsp3) is 0.536. The Labute approximate surface area is 206 Å². The van der Waals surface area contributed by atoms with E-state index in [0.717, 1.165) is 23.2 Å². The predicted octanol–water partition coefficient (Wildman–Crippen LogP) is 6.56. The van der Waals surface area contributed by atoms with Crippen molar-refractivity contribution < 1.29 is 23.4 Å². The van der Waals surface area contributed by atoms with Gasteiger partial charge < -0.3 is 23.4 Å². The molecule has 0 radical (unpaired) electrons. The van der Waals surface area contributed by atoms with Crippen molar-refractivity contribution in [2.24, 2.45) is 0 Å². The average molecular weight is 487 g/mol. The molecular weight excluding hydrogens is 444 g/mol. The Hall–Kier alpha value is -1.99. The first-order valence-electron chi connectivity index (χ1n) is 12.1. The van der Waals surface area contributed by atoms with Crippen LogP contribution in [0.2, 0.25) is 18.1 Å². The summed E-state index contributed by atoms with van der Waals surface area (Å²) < 4.78 is 24.5. The number of carbonyl (C=O) groups is 1. The molecule has 0 unspecified atom stereocenters. The summed E-state index contributed by atoms with van der Waals surface area (Å²) >= 11 is 0. The fourth-order valence-corrected chi connectivity index (χ4v) is 4.76. The largest absolute Gasteiger partial charge is 0.497 e. The lowest BCUT2D eigenvalue weighted by atomic mass is 10.1. The van der Waals surface area contributed by atoms with Crippen molar-refractivity contribution in [2.45, 2.75) is 90.2 Å². The molecule has 0 N–H and O–H groups in total. The van der Waals surface area contributed by atoms with E-state index < -0.39 is 8.32 Å². The van der Waals surface area contributed by atoms with Gasteiger partial charge in [0, 0.05) is 12.8 Å². The molecule has 0 spiro atoms. The maximum Gasteiger partial charge on any atom is 0.192 e. The number of ether oxygens (including phenoxy) is 3. The first-order valence-corrected chi connectivity index (χ1v) is 15.0. The van der Waals surface area contributed by atoms with E-state index in [2.05, 4.69) is 46.0 Å². The lowest BCUT2D eigenvalue weighted by Crippen LogP contribution is -2.45. The van der Waals surface area contributed by atoms with Gasteiger partial charge in [-0.2, -0.15) is 0 Å². The molecule has 0 aliphatic carbocycles. The smallest absolute Gasteiger partial charge is 0.192 e. The van der Waals surface area contributed by atoms with Gasteiger partial charge in [-0.05, 0) is 48.3 Å². The van der Waals surface area contributed by atoms with Crippen molar-refractivity contribution in [1.82, 2.24) is 0 Å². The van der Waals surface area contributed by atoms with E-state index in [1.54, 1.807) is 7.11 Å². The molecule has 2 aromatic carbocycles. The predicted molar refractivity (Wildman–Crippen MR) is 140 cm³/mol. The third-order valence-electron chi connectivity index (χ3n) is 6.62. The zero-order valence-corrected chi connectivity index (χ0v) is 22.9. The van der Waals surface area contributed by atoms with Crippen molar-refractivity contribution in [2.75, 3.05) is 7.11 Å². The average Bonchev–Trinajstić information content (AvgIpc) is 2.80. The van der Waals surface area contributed by atoms with E-state index in [1.807, 2.05) is 49.4 Å².